The molecule has 20 heavy (non-hydrogen) atoms. The molecule has 2 aromatic rings. The predicted molar refractivity (Wildman–Crippen MR) is 71.6 cm³/mol. The maximum atomic E-state index is 13.2. The van der Waals surface area contributed by atoms with Crippen LogP contribution in [0.15, 0.2) is 35.8 Å². The quantitative estimate of drug-likeness (QED) is 0.922. The molecule has 2 nitrogen and oxygen atoms in total. The van der Waals surface area contributed by atoms with Crippen LogP contribution in [0.2, 0.25) is 0 Å². The Morgan fingerprint density at radius 3 is 2.60 bits per heavy atom. The van der Waals surface area contributed by atoms with Crippen LogP contribution in [0.25, 0.3) is 0 Å². The van der Waals surface area contributed by atoms with Gasteiger partial charge in [-0.3, -0.25) is 0 Å². The molecule has 0 bridgehead atoms. The van der Waals surface area contributed by atoms with Crippen LogP contribution in [0.3, 0.4) is 0 Å². The van der Waals surface area contributed by atoms with Gasteiger partial charge in [-0.1, -0.05) is 18.2 Å². The van der Waals surface area contributed by atoms with E-state index in [0.717, 1.165) is 18.9 Å². The molecule has 1 N–H and O–H groups in total. The molecule has 0 saturated heterocycles. The fraction of sp³-hybridized carbons (Fsp3) is 0.357. The van der Waals surface area contributed by atoms with Crippen molar-refractivity contribution in [2.24, 2.45) is 0 Å². The van der Waals surface area contributed by atoms with E-state index in [9.17, 15) is 13.2 Å². The average molecular weight is 298 g/mol. The Bertz CT molecular complexity index is 576. The number of nitrogens with one attached hydrogen (secondary N) is 1. The zero-order valence-electron chi connectivity index (χ0n) is 10.5. The van der Waals surface area contributed by atoms with Crippen molar-refractivity contribution in [3.8, 4) is 0 Å². The lowest BCUT2D eigenvalue weighted by molar-refractivity contribution is -0.138. The first-order valence-corrected chi connectivity index (χ1v) is 7.25. The maximum Gasteiger partial charge on any atom is 0.416 e. The Hall–Kier alpha value is -1.40. The highest BCUT2D eigenvalue weighted by Gasteiger charge is 2.37. The van der Waals surface area contributed by atoms with E-state index in [0.29, 0.717) is 11.0 Å². The van der Waals surface area contributed by atoms with Gasteiger partial charge in [0.15, 0.2) is 0 Å². The number of alkyl halides is 3. The largest absolute Gasteiger partial charge is 0.416 e. The molecular weight excluding hydrogens is 285 g/mol. The Labute approximate surface area is 118 Å². The van der Waals surface area contributed by atoms with Crippen LogP contribution in [-0.2, 0) is 6.18 Å². The molecular formula is C14H13F3N2S. The van der Waals surface area contributed by atoms with Crippen molar-refractivity contribution >= 4 is 11.3 Å². The number of benzene rings is 1. The predicted octanol–water partition coefficient (Wildman–Crippen LogP) is 4.00. The standard InChI is InChI=1S/C14H13F3N2S/c15-14(16,17)11-4-2-1-3-10(11)12(19-9-5-6-9)13-18-7-8-20-13/h1-4,7-9,12,19H,5-6H2. The maximum absolute atomic E-state index is 13.2. The molecule has 0 radical (unpaired) electrons. The molecule has 1 saturated carbocycles. The summed E-state index contributed by atoms with van der Waals surface area (Å²) in [6.45, 7) is 0. The van der Waals surface area contributed by atoms with E-state index in [2.05, 4.69) is 10.3 Å². The first kappa shape index (κ1) is 13.6. The zero-order chi connectivity index (χ0) is 14.2. The van der Waals surface area contributed by atoms with Gasteiger partial charge in [0.25, 0.3) is 0 Å². The van der Waals surface area contributed by atoms with Crippen molar-refractivity contribution in [1.29, 1.82) is 0 Å². The first-order valence-electron chi connectivity index (χ1n) is 6.37. The van der Waals surface area contributed by atoms with Crippen LogP contribution in [0.5, 0.6) is 0 Å². The number of aromatic nitrogens is 1. The van der Waals surface area contributed by atoms with Crippen LogP contribution in [-0.4, -0.2) is 11.0 Å². The molecule has 1 aliphatic carbocycles. The summed E-state index contributed by atoms with van der Waals surface area (Å²) in [7, 11) is 0. The van der Waals surface area contributed by atoms with Gasteiger partial charge < -0.3 is 5.32 Å². The lowest BCUT2D eigenvalue weighted by Gasteiger charge is -2.21. The highest BCUT2D eigenvalue weighted by atomic mass is 32.1. The van der Waals surface area contributed by atoms with E-state index < -0.39 is 17.8 Å². The third kappa shape index (κ3) is 2.86. The van der Waals surface area contributed by atoms with E-state index in [1.165, 1.54) is 23.5 Å². The minimum Gasteiger partial charge on any atom is -0.301 e. The van der Waals surface area contributed by atoms with Crippen molar-refractivity contribution in [2.75, 3.05) is 0 Å². The summed E-state index contributed by atoms with van der Waals surface area (Å²) in [6, 6.07) is 5.53. The highest BCUT2D eigenvalue weighted by Crippen LogP contribution is 2.38. The molecule has 1 fully saturated rings. The fourth-order valence-corrected chi connectivity index (χ4v) is 2.88. The van der Waals surface area contributed by atoms with Crippen molar-refractivity contribution in [3.05, 3.63) is 52.0 Å². The molecule has 1 aromatic carbocycles. The summed E-state index contributed by atoms with van der Waals surface area (Å²) in [5, 5.41) is 5.73. The smallest absolute Gasteiger partial charge is 0.301 e. The zero-order valence-corrected chi connectivity index (χ0v) is 11.3. The van der Waals surface area contributed by atoms with Gasteiger partial charge in [0.2, 0.25) is 0 Å². The van der Waals surface area contributed by atoms with Crippen LogP contribution in [0, 0.1) is 0 Å². The molecule has 1 aliphatic rings. The van der Waals surface area contributed by atoms with Gasteiger partial charge in [0, 0.05) is 17.6 Å². The number of hydrogen-bond donors (Lipinski definition) is 1. The van der Waals surface area contributed by atoms with Crippen molar-refractivity contribution in [1.82, 2.24) is 10.3 Å². The summed E-state index contributed by atoms with van der Waals surface area (Å²) in [6.07, 6.45) is -0.707. The molecule has 106 valence electrons. The number of nitrogens with zero attached hydrogens (tertiary/aromatic N) is 1. The van der Waals surface area contributed by atoms with Crippen LogP contribution >= 0.6 is 11.3 Å². The molecule has 0 aliphatic heterocycles. The number of rotatable bonds is 4. The number of hydrogen-bond acceptors (Lipinski definition) is 3. The molecule has 3 rings (SSSR count). The SMILES string of the molecule is FC(F)(F)c1ccccc1C(NC1CC1)c1nccs1. The topological polar surface area (TPSA) is 24.9 Å². The van der Waals surface area contributed by atoms with Gasteiger partial charge in [0.1, 0.15) is 5.01 Å². The van der Waals surface area contributed by atoms with E-state index in [-0.39, 0.29) is 5.56 Å². The van der Waals surface area contributed by atoms with Gasteiger partial charge in [0.05, 0.1) is 11.6 Å². The molecule has 0 spiro atoms. The van der Waals surface area contributed by atoms with Crippen molar-refractivity contribution < 1.29 is 13.2 Å². The monoisotopic (exact) mass is 298 g/mol. The average Bonchev–Trinajstić information content (AvgIpc) is 3.07. The van der Waals surface area contributed by atoms with Crippen LogP contribution in [0.1, 0.15) is 35.0 Å². The fourth-order valence-electron chi connectivity index (χ4n) is 2.16. The Morgan fingerprint density at radius 2 is 2.00 bits per heavy atom. The summed E-state index contributed by atoms with van der Waals surface area (Å²) < 4.78 is 39.5. The number of thiazole rings is 1. The molecule has 0 amide bonds. The Balaban J connectivity index is 2.02. The first-order chi connectivity index (χ1) is 9.55. The highest BCUT2D eigenvalue weighted by molar-refractivity contribution is 7.09. The lowest BCUT2D eigenvalue weighted by atomic mass is 10.00. The van der Waals surface area contributed by atoms with Gasteiger partial charge in [-0.05, 0) is 24.5 Å². The molecule has 1 heterocycles. The number of halogens is 3. The van der Waals surface area contributed by atoms with Crippen LogP contribution in [0.4, 0.5) is 13.2 Å². The van der Waals surface area contributed by atoms with E-state index >= 15 is 0 Å². The molecule has 6 heteroatoms. The third-order valence-corrected chi connectivity index (χ3v) is 4.10. The van der Waals surface area contributed by atoms with Crippen molar-refractivity contribution in [2.45, 2.75) is 31.1 Å². The normalized spacial score (nSPS) is 17.1. The Morgan fingerprint density at radius 1 is 1.25 bits per heavy atom. The van der Waals surface area contributed by atoms with Gasteiger partial charge in [-0.15, -0.1) is 11.3 Å². The minimum atomic E-state index is -4.35. The summed E-state index contributed by atoms with van der Waals surface area (Å²) in [5.41, 5.74) is -0.338. The van der Waals surface area contributed by atoms with E-state index in [1.807, 2.05) is 0 Å². The Kier molecular flexibility index (Phi) is 3.52. The van der Waals surface area contributed by atoms with Gasteiger partial charge in [-0.25, -0.2) is 4.98 Å². The molecule has 1 atom stereocenters. The van der Waals surface area contributed by atoms with E-state index in [4.69, 9.17) is 0 Å². The van der Waals surface area contributed by atoms with Crippen molar-refractivity contribution in [3.63, 3.8) is 0 Å². The lowest BCUT2D eigenvalue weighted by Crippen LogP contribution is -2.26. The molecule has 1 aromatic heterocycles. The van der Waals surface area contributed by atoms with E-state index in [1.54, 1.807) is 17.6 Å². The van der Waals surface area contributed by atoms with Gasteiger partial charge >= 0.3 is 6.18 Å². The second-order valence-electron chi connectivity index (χ2n) is 4.83. The molecule has 1 unspecified atom stereocenters. The second-order valence-corrected chi connectivity index (χ2v) is 5.76. The minimum absolute atomic E-state index is 0.252. The van der Waals surface area contributed by atoms with Crippen LogP contribution < -0.4 is 5.32 Å². The van der Waals surface area contributed by atoms with Gasteiger partial charge in [-0.2, -0.15) is 13.2 Å². The summed E-state index contributed by atoms with van der Waals surface area (Å²) in [5.74, 6) is 0. The summed E-state index contributed by atoms with van der Waals surface area (Å²) in [4.78, 5) is 4.19. The third-order valence-electron chi connectivity index (χ3n) is 3.26. The second kappa shape index (κ2) is 5.18. The summed E-state index contributed by atoms with van der Waals surface area (Å²) >= 11 is 1.37.